The normalized spacial score (nSPS) is 18.2. The Morgan fingerprint density at radius 3 is 2.50 bits per heavy atom. The minimum absolute atomic E-state index is 0.234. The molecule has 1 heterocycles. The average molecular weight is 363 g/mol. The zero-order valence-electron chi connectivity index (χ0n) is 16.6. The van der Waals surface area contributed by atoms with Crippen LogP contribution in [0.1, 0.15) is 38.8 Å². The summed E-state index contributed by atoms with van der Waals surface area (Å²) in [5.74, 6) is 1.76. The van der Waals surface area contributed by atoms with Crippen molar-refractivity contribution in [3.8, 4) is 5.75 Å². The molecule has 1 aromatic rings. The number of ether oxygens (including phenoxy) is 2. The lowest BCUT2D eigenvalue weighted by atomic mass is 10.0. The lowest BCUT2D eigenvalue weighted by molar-refractivity contribution is 0.0179. The van der Waals surface area contributed by atoms with Gasteiger partial charge in [0.15, 0.2) is 5.96 Å². The summed E-state index contributed by atoms with van der Waals surface area (Å²) in [5, 5.41) is 6.82. The van der Waals surface area contributed by atoms with Gasteiger partial charge in [-0.2, -0.15) is 0 Å². The van der Waals surface area contributed by atoms with Gasteiger partial charge in [-0.15, -0.1) is 0 Å². The molecule has 1 aliphatic rings. The topological polar surface area (TPSA) is 58.1 Å². The number of rotatable bonds is 8. The van der Waals surface area contributed by atoms with Crippen LogP contribution in [0.3, 0.4) is 0 Å². The third-order valence-electron chi connectivity index (χ3n) is 4.75. The lowest BCUT2D eigenvalue weighted by Gasteiger charge is -2.34. The van der Waals surface area contributed by atoms with Crippen LogP contribution in [0, 0.1) is 0 Å². The van der Waals surface area contributed by atoms with E-state index in [-0.39, 0.29) is 6.04 Å². The van der Waals surface area contributed by atoms with Gasteiger partial charge in [-0.3, -0.25) is 9.89 Å². The number of hydrogen-bond acceptors (Lipinski definition) is 4. The number of benzene rings is 1. The second-order valence-electron chi connectivity index (χ2n) is 6.61. The van der Waals surface area contributed by atoms with E-state index >= 15 is 0 Å². The van der Waals surface area contributed by atoms with Crippen molar-refractivity contribution in [2.24, 2.45) is 4.99 Å². The minimum atomic E-state index is 0.234. The van der Waals surface area contributed by atoms with Gasteiger partial charge in [-0.05, 0) is 38.0 Å². The molecule has 0 radical (unpaired) electrons. The van der Waals surface area contributed by atoms with Crippen molar-refractivity contribution in [3.05, 3.63) is 29.8 Å². The van der Waals surface area contributed by atoms with E-state index in [0.717, 1.165) is 51.0 Å². The first-order chi connectivity index (χ1) is 12.7. The third-order valence-corrected chi connectivity index (χ3v) is 4.75. The molecule has 0 aliphatic carbocycles. The van der Waals surface area contributed by atoms with E-state index in [1.54, 1.807) is 7.11 Å². The van der Waals surface area contributed by atoms with Gasteiger partial charge >= 0.3 is 0 Å². The van der Waals surface area contributed by atoms with Crippen LogP contribution in [0.25, 0.3) is 0 Å². The Balaban J connectivity index is 2.16. The van der Waals surface area contributed by atoms with E-state index < -0.39 is 0 Å². The number of hydrogen-bond donors (Lipinski definition) is 2. The van der Waals surface area contributed by atoms with Crippen LogP contribution in [0.15, 0.2) is 29.3 Å². The maximum Gasteiger partial charge on any atom is 0.191 e. The van der Waals surface area contributed by atoms with Crippen LogP contribution in [0.5, 0.6) is 5.75 Å². The lowest BCUT2D eigenvalue weighted by Crippen LogP contribution is -2.43. The summed E-state index contributed by atoms with van der Waals surface area (Å²) in [6.07, 6.45) is 1.07. The SMILES string of the molecule is CCNC(=NCC(c1ccc(OC)cc1)N1CCOCC1)NC(C)CC. The van der Waals surface area contributed by atoms with Crippen LogP contribution in [-0.2, 0) is 4.74 Å². The van der Waals surface area contributed by atoms with Crippen molar-refractivity contribution < 1.29 is 9.47 Å². The first-order valence-electron chi connectivity index (χ1n) is 9.68. The Hall–Kier alpha value is -1.79. The predicted octanol–water partition coefficient (Wildman–Crippen LogP) is 2.42. The van der Waals surface area contributed by atoms with Crippen LogP contribution >= 0.6 is 0 Å². The van der Waals surface area contributed by atoms with Crippen molar-refractivity contribution >= 4 is 5.96 Å². The predicted molar refractivity (Wildman–Crippen MR) is 107 cm³/mol. The van der Waals surface area contributed by atoms with Gasteiger partial charge in [0.05, 0.1) is 32.9 Å². The molecule has 0 bridgehead atoms. The monoisotopic (exact) mass is 362 g/mol. The van der Waals surface area contributed by atoms with E-state index in [9.17, 15) is 0 Å². The molecular weight excluding hydrogens is 328 g/mol. The summed E-state index contributed by atoms with van der Waals surface area (Å²) >= 11 is 0. The van der Waals surface area contributed by atoms with Crippen molar-refractivity contribution in [1.29, 1.82) is 0 Å². The number of methoxy groups -OCH3 is 1. The fourth-order valence-corrected chi connectivity index (χ4v) is 2.98. The third kappa shape index (κ3) is 6.18. The highest BCUT2D eigenvalue weighted by Crippen LogP contribution is 2.24. The van der Waals surface area contributed by atoms with Gasteiger partial charge in [0.1, 0.15) is 5.75 Å². The summed E-state index contributed by atoms with van der Waals surface area (Å²) in [6, 6.07) is 8.96. The van der Waals surface area contributed by atoms with Crippen molar-refractivity contribution in [2.45, 2.75) is 39.3 Å². The molecule has 2 rings (SSSR count). The fourth-order valence-electron chi connectivity index (χ4n) is 2.98. The molecule has 0 saturated carbocycles. The molecule has 1 saturated heterocycles. The Morgan fingerprint density at radius 2 is 1.92 bits per heavy atom. The van der Waals surface area contributed by atoms with Crippen LogP contribution in [-0.4, -0.2) is 63.4 Å². The molecule has 1 fully saturated rings. The van der Waals surface area contributed by atoms with E-state index in [0.29, 0.717) is 12.6 Å². The van der Waals surface area contributed by atoms with Crippen molar-refractivity contribution in [1.82, 2.24) is 15.5 Å². The number of guanidine groups is 1. The van der Waals surface area contributed by atoms with Gasteiger partial charge in [0.25, 0.3) is 0 Å². The highest BCUT2D eigenvalue weighted by molar-refractivity contribution is 5.80. The highest BCUT2D eigenvalue weighted by atomic mass is 16.5. The summed E-state index contributed by atoms with van der Waals surface area (Å²) in [5.41, 5.74) is 1.26. The molecule has 26 heavy (non-hydrogen) atoms. The Morgan fingerprint density at radius 1 is 1.23 bits per heavy atom. The molecule has 0 amide bonds. The maximum atomic E-state index is 5.53. The minimum Gasteiger partial charge on any atom is -0.497 e. The molecule has 6 nitrogen and oxygen atoms in total. The maximum absolute atomic E-state index is 5.53. The molecule has 6 heteroatoms. The van der Waals surface area contributed by atoms with Crippen molar-refractivity contribution in [3.63, 3.8) is 0 Å². The zero-order chi connectivity index (χ0) is 18.8. The number of nitrogens with zero attached hydrogens (tertiary/aromatic N) is 2. The molecule has 1 aromatic carbocycles. The Bertz CT molecular complexity index is 541. The smallest absolute Gasteiger partial charge is 0.191 e. The summed E-state index contributed by atoms with van der Waals surface area (Å²) < 4.78 is 10.8. The molecule has 2 unspecified atom stereocenters. The van der Waals surface area contributed by atoms with Crippen LogP contribution < -0.4 is 15.4 Å². The highest BCUT2D eigenvalue weighted by Gasteiger charge is 2.22. The molecule has 0 aromatic heterocycles. The van der Waals surface area contributed by atoms with Crippen molar-refractivity contribution in [2.75, 3.05) is 46.5 Å². The molecular formula is C20H34N4O2. The molecule has 2 N–H and O–H groups in total. The Kier molecular flexibility index (Phi) is 8.71. The first-order valence-corrected chi connectivity index (χ1v) is 9.68. The number of morpholine rings is 1. The van der Waals surface area contributed by atoms with E-state index in [1.807, 2.05) is 12.1 Å². The van der Waals surface area contributed by atoms with Crippen LogP contribution in [0.4, 0.5) is 0 Å². The number of nitrogens with one attached hydrogen (secondary N) is 2. The van der Waals surface area contributed by atoms with E-state index in [1.165, 1.54) is 5.56 Å². The second kappa shape index (κ2) is 11.0. The van der Waals surface area contributed by atoms with E-state index in [4.69, 9.17) is 14.5 Å². The average Bonchev–Trinajstić information content (AvgIpc) is 2.69. The molecule has 0 spiro atoms. The van der Waals surface area contributed by atoms with Gasteiger partial charge in [-0.1, -0.05) is 19.1 Å². The van der Waals surface area contributed by atoms with Gasteiger partial charge < -0.3 is 20.1 Å². The van der Waals surface area contributed by atoms with Gasteiger partial charge in [0, 0.05) is 25.7 Å². The van der Waals surface area contributed by atoms with E-state index in [2.05, 4.69) is 48.4 Å². The van der Waals surface area contributed by atoms with Gasteiger partial charge in [-0.25, -0.2) is 0 Å². The first kappa shape index (κ1) is 20.5. The van der Waals surface area contributed by atoms with Gasteiger partial charge in [0.2, 0.25) is 0 Å². The molecule has 2 atom stereocenters. The molecule has 1 aliphatic heterocycles. The van der Waals surface area contributed by atoms with Crippen LogP contribution in [0.2, 0.25) is 0 Å². The number of aliphatic imine (C=N–C) groups is 1. The zero-order valence-corrected chi connectivity index (χ0v) is 16.6. The standard InChI is InChI=1S/C20H34N4O2/c1-5-16(3)23-20(21-6-2)22-15-19(24-11-13-26-14-12-24)17-7-9-18(25-4)10-8-17/h7-10,16,19H,5-6,11-15H2,1-4H3,(H2,21,22,23). The summed E-state index contributed by atoms with van der Waals surface area (Å²) in [6.45, 7) is 11.4. The Labute approximate surface area is 158 Å². The molecule has 146 valence electrons. The second-order valence-corrected chi connectivity index (χ2v) is 6.61. The fraction of sp³-hybridized carbons (Fsp3) is 0.650. The summed E-state index contributed by atoms with van der Waals surface area (Å²) in [7, 11) is 1.70. The summed E-state index contributed by atoms with van der Waals surface area (Å²) in [4.78, 5) is 7.34. The quantitative estimate of drug-likeness (QED) is 0.549. The largest absolute Gasteiger partial charge is 0.497 e.